The van der Waals surface area contributed by atoms with Crippen LogP contribution in [-0.2, 0) is 14.3 Å². The van der Waals surface area contributed by atoms with Crippen molar-refractivity contribution in [1.82, 2.24) is 4.90 Å². The molecule has 0 bridgehead atoms. The number of amides is 1. The van der Waals surface area contributed by atoms with Crippen molar-refractivity contribution in [2.75, 3.05) is 6.07 Å². The topological polar surface area (TPSA) is 51.0 Å². The summed E-state index contributed by atoms with van der Waals surface area (Å²) >= 11 is 6.82. The second-order valence-electron chi connectivity index (χ2n) is 4.41. The van der Waals surface area contributed by atoms with Gasteiger partial charge in [-0.15, -0.1) is 11.8 Å². The van der Waals surface area contributed by atoms with Crippen LogP contribution in [-0.4, -0.2) is 45.0 Å². The minimum Gasteiger partial charge on any atom is -0.448 e. The number of nitrogens with zero attached hydrogens (tertiary/aromatic N) is 2. The van der Waals surface area contributed by atoms with Gasteiger partial charge in [-0.2, -0.15) is 0 Å². The number of esters is 1. The Balaban J connectivity index is 2.25. The molecule has 7 heteroatoms. The van der Waals surface area contributed by atoms with Crippen LogP contribution in [0.5, 0.6) is 0 Å². The highest BCUT2D eigenvalue weighted by atomic mass is 35.5. The first-order chi connectivity index (χ1) is 7.94. The molecule has 0 saturated carbocycles. The Hall–Kier alpha value is -0.930. The van der Waals surface area contributed by atoms with Crippen LogP contribution in [0, 0.1) is 6.57 Å². The number of thioether (sulfide) groups is 1. The molecule has 3 atom stereocenters. The van der Waals surface area contributed by atoms with Crippen LogP contribution < -0.4 is 0 Å². The summed E-state index contributed by atoms with van der Waals surface area (Å²) in [5.74, 6) is -0.795. The molecule has 2 aliphatic heterocycles. The van der Waals surface area contributed by atoms with E-state index in [0.29, 0.717) is 0 Å². The zero-order valence-electron chi connectivity index (χ0n) is 9.34. The normalized spacial score (nSPS) is 33.6. The summed E-state index contributed by atoms with van der Waals surface area (Å²) in [7, 11) is 0. The molecule has 0 aromatic heterocycles. The maximum atomic E-state index is 11.8. The van der Waals surface area contributed by atoms with Crippen LogP contribution in [0.1, 0.15) is 13.8 Å². The lowest BCUT2D eigenvalue weighted by Gasteiger charge is -2.37. The van der Waals surface area contributed by atoms with E-state index in [1.165, 1.54) is 16.7 Å². The van der Waals surface area contributed by atoms with Crippen molar-refractivity contribution < 1.29 is 14.3 Å². The van der Waals surface area contributed by atoms with Crippen molar-refractivity contribution in [3.05, 3.63) is 11.4 Å². The first-order valence-electron chi connectivity index (χ1n) is 5.03. The molecule has 0 aromatic carbocycles. The van der Waals surface area contributed by atoms with Gasteiger partial charge in [-0.05, 0) is 13.8 Å². The SMILES string of the molecule is [C-]#[N+][C@@H]1C(=O)N2[C@@H]1SC(C)(C)[C@@H]2C(=O)OCCl. The lowest BCUT2D eigenvalue weighted by Crippen LogP contribution is -2.64. The van der Waals surface area contributed by atoms with Gasteiger partial charge >= 0.3 is 17.9 Å². The number of carbonyl (C=O) groups excluding carboxylic acids is 2. The van der Waals surface area contributed by atoms with Crippen LogP contribution in [0.2, 0.25) is 0 Å². The molecule has 5 nitrogen and oxygen atoms in total. The molecule has 1 amide bonds. The van der Waals surface area contributed by atoms with E-state index in [9.17, 15) is 9.59 Å². The summed E-state index contributed by atoms with van der Waals surface area (Å²) < 4.78 is 4.32. The van der Waals surface area contributed by atoms with Crippen LogP contribution in [0.15, 0.2) is 0 Å². The van der Waals surface area contributed by atoms with Crippen LogP contribution in [0.3, 0.4) is 0 Å². The summed E-state index contributed by atoms with van der Waals surface area (Å²) in [4.78, 5) is 28.3. The summed E-state index contributed by atoms with van der Waals surface area (Å²) in [5.41, 5.74) is 0. The molecule has 0 spiro atoms. The molecule has 17 heavy (non-hydrogen) atoms. The fraction of sp³-hybridized carbons (Fsp3) is 0.700. The number of halogens is 1. The number of rotatable bonds is 2. The number of hydrogen-bond acceptors (Lipinski definition) is 4. The van der Waals surface area contributed by atoms with E-state index < -0.39 is 22.8 Å². The van der Waals surface area contributed by atoms with Crippen LogP contribution >= 0.6 is 23.4 Å². The molecule has 0 aliphatic carbocycles. The van der Waals surface area contributed by atoms with Crippen LogP contribution in [0.25, 0.3) is 4.85 Å². The fourth-order valence-electron chi connectivity index (χ4n) is 2.23. The van der Waals surface area contributed by atoms with Gasteiger partial charge in [0.15, 0.2) is 11.4 Å². The first kappa shape index (κ1) is 12.5. The molecule has 2 rings (SSSR count). The second kappa shape index (κ2) is 4.07. The molecule has 0 unspecified atom stereocenters. The molecular weight excluding hydrogens is 264 g/mol. The number of fused-ring (bicyclic) bond motifs is 1. The Kier molecular flexibility index (Phi) is 3.00. The summed E-state index contributed by atoms with van der Waals surface area (Å²) in [6, 6.07) is -1.54. The van der Waals surface area contributed by atoms with Crippen molar-refractivity contribution in [3.63, 3.8) is 0 Å². The smallest absolute Gasteiger partial charge is 0.331 e. The van der Waals surface area contributed by atoms with E-state index in [1.54, 1.807) is 0 Å². The highest BCUT2D eigenvalue weighted by molar-refractivity contribution is 8.01. The van der Waals surface area contributed by atoms with Crippen molar-refractivity contribution in [2.24, 2.45) is 0 Å². The highest BCUT2D eigenvalue weighted by Gasteiger charge is 2.67. The number of hydrogen-bond donors (Lipinski definition) is 0. The van der Waals surface area contributed by atoms with Gasteiger partial charge < -0.3 is 9.64 Å². The Morgan fingerprint density at radius 2 is 2.35 bits per heavy atom. The predicted molar refractivity (Wildman–Crippen MR) is 63.3 cm³/mol. The van der Waals surface area contributed by atoms with Gasteiger partial charge in [0, 0.05) is 4.75 Å². The van der Waals surface area contributed by atoms with E-state index in [1.807, 2.05) is 13.8 Å². The lowest BCUT2D eigenvalue weighted by molar-refractivity contribution is -0.160. The Morgan fingerprint density at radius 3 is 2.88 bits per heavy atom. The maximum Gasteiger partial charge on any atom is 0.331 e. The van der Waals surface area contributed by atoms with Gasteiger partial charge in [0.05, 0.1) is 0 Å². The fourth-order valence-corrected chi connectivity index (χ4v) is 3.94. The van der Waals surface area contributed by atoms with Crippen molar-refractivity contribution in [3.8, 4) is 0 Å². The van der Waals surface area contributed by atoms with Gasteiger partial charge in [0.1, 0.15) is 6.04 Å². The van der Waals surface area contributed by atoms with Crippen LogP contribution in [0.4, 0.5) is 0 Å². The van der Waals surface area contributed by atoms with E-state index >= 15 is 0 Å². The average molecular weight is 275 g/mol. The number of alkyl halides is 1. The first-order valence-corrected chi connectivity index (χ1v) is 6.44. The maximum absolute atomic E-state index is 11.8. The highest BCUT2D eigenvalue weighted by Crippen LogP contribution is 2.51. The van der Waals surface area contributed by atoms with Crippen molar-refractivity contribution in [1.29, 1.82) is 0 Å². The van der Waals surface area contributed by atoms with Crippen molar-refractivity contribution in [2.45, 2.75) is 36.1 Å². The average Bonchev–Trinajstić information content (AvgIpc) is 2.48. The molecule has 92 valence electrons. The molecule has 0 aromatic rings. The van der Waals surface area contributed by atoms with Gasteiger partial charge in [0.2, 0.25) is 0 Å². The minimum atomic E-state index is -0.659. The molecular formula is C10H11ClN2O3S. The summed E-state index contributed by atoms with van der Waals surface area (Å²) in [5, 5.41) is -0.233. The zero-order valence-corrected chi connectivity index (χ0v) is 10.9. The molecule has 2 saturated heterocycles. The summed E-state index contributed by atoms with van der Waals surface area (Å²) in [6.45, 7) is 10.7. The zero-order chi connectivity index (χ0) is 12.8. The molecule has 2 heterocycles. The summed E-state index contributed by atoms with van der Waals surface area (Å²) in [6.07, 6.45) is 0. The third-order valence-electron chi connectivity index (χ3n) is 2.97. The number of β-lactam (4-membered cyclic amide) rings is 1. The minimum absolute atomic E-state index is 0.227. The number of ether oxygens (including phenoxy) is 1. The van der Waals surface area contributed by atoms with E-state index in [0.717, 1.165) is 0 Å². The lowest BCUT2D eigenvalue weighted by atomic mass is 9.96. The van der Waals surface area contributed by atoms with Crippen molar-refractivity contribution >= 4 is 35.2 Å². The van der Waals surface area contributed by atoms with Gasteiger partial charge in [-0.1, -0.05) is 11.6 Å². The van der Waals surface area contributed by atoms with E-state index in [2.05, 4.69) is 4.85 Å². The molecule has 0 radical (unpaired) electrons. The van der Waals surface area contributed by atoms with Gasteiger partial charge in [-0.25, -0.2) is 11.4 Å². The molecule has 0 N–H and O–H groups in total. The predicted octanol–water partition coefficient (Wildman–Crippen LogP) is 1.08. The largest absolute Gasteiger partial charge is 0.448 e. The van der Waals surface area contributed by atoms with E-state index in [-0.39, 0.29) is 17.3 Å². The third-order valence-corrected chi connectivity index (χ3v) is 4.64. The molecule has 2 aliphatic rings. The second-order valence-corrected chi connectivity index (χ2v) is 6.40. The quantitative estimate of drug-likeness (QED) is 0.327. The Morgan fingerprint density at radius 1 is 1.71 bits per heavy atom. The Bertz CT molecular complexity index is 420. The van der Waals surface area contributed by atoms with Gasteiger partial charge in [-0.3, -0.25) is 9.64 Å². The third kappa shape index (κ3) is 1.69. The Labute approximate surface area is 108 Å². The van der Waals surface area contributed by atoms with E-state index in [4.69, 9.17) is 22.9 Å². The number of carbonyl (C=O) groups is 2. The standard InChI is InChI=1S/C10H11ClN2O3S/c1-10(2)6(9(15)16-4-11)13-7(14)5(12-3)8(13)17-10/h5-6,8H,4H2,1-2H3/t5-,6+,8-/m1/s1. The van der Waals surface area contributed by atoms with Gasteiger partial charge in [0.25, 0.3) is 0 Å². The monoisotopic (exact) mass is 274 g/mol. The molecule has 2 fully saturated rings.